The molecular weight excluding hydrogens is 429 g/mol. The molecule has 2 heterocycles. The van der Waals surface area contributed by atoms with E-state index in [1.807, 2.05) is 40.6 Å². The molecule has 0 bridgehead atoms. The van der Waals surface area contributed by atoms with Crippen LogP contribution in [0.5, 0.6) is 0 Å². The molecule has 0 radical (unpaired) electrons. The number of halogens is 2. The number of anilines is 2. The first-order chi connectivity index (χ1) is 14.0. The van der Waals surface area contributed by atoms with Crippen LogP contribution in [-0.4, -0.2) is 23.4 Å². The largest absolute Gasteiger partial charge is 0.333 e. The minimum absolute atomic E-state index is 0.0429. The number of fused-ring (bicyclic) bond motifs is 1. The van der Waals surface area contributed by atoms with E-state index in [0.29, 0.717) is 34.5 Å². The first-order valence-electron chi connectivity index (χ1n) is 8.97. The fourth-order valence-electron chi connectivity index (χ4n) is 3.23. The SMILES string of the molecule is O=C(Nc1ccc(Cl)c(Cl)c1)Nc1ccc2c(c1)CN(C(=O)c1cccs1)CC2. The molecule has 3 amide bonds. The van der Waals surface area contributed by atoms with Gasteiger partial charge in [0.05, 0.1) is 14.9 Å². The number of carbonyl (C=O) groups excluding carboxylic acids is 2. The number of hydrogen-bond acceptors (Lipinski definition) is 3. The maximum Gasteiger partial charge on any atom is 0.323 e. The molecular formula is C21H17Cl2N3O2S. The van der Waals surface area contributed by atoms with Crippen LogP contribution in [0.15, 0.2) is 53.9 Å². The third kappa shape index (κ3) is 4.56. The van der Waals surface area contributed by atoms with Gasteiger partial charge in [-0.3, -0.25) is 4.79 Å². The molecule has 1 aliphatic heterocycles. The zero-order valence-electron chi connectivity index (χ0n) is 15.2. The van der Waals surface area contributed by atoms with Gasteiger partial charge in [0.1, 0.15) is 0 Å². The van der Waals surface area contributed by atoms with Crippen molar-refractivity contribution in [2.24, 2.45) is 0 Å². The Labute approximate surface area is 182 Å². The monoisotopic (exact) mass is 445 g/mol. The van der Waals surface area contributed by atoms with Crippen LogP contribution in [0.25, 0.3) is 0 Å². The second-order valence-electron chi connectivity index (χ2n) is 6.65. The summed E-state index contributed by atoms with van der Waals surface area (Å²) in [6.07, 6.45) is 0.794. The zero-order valence-corrected chi connectivity index (χ0v) is 17.6. The molecule has 8 heteroatoms. The van der Waals surface area contributed by atoms with Crippen LogP contribution in [0.4, 0.5) is 16.2 Å². The molecule has 29 heavy (non-hydrogen) atoms. The summed E-state index contributed by atoms with van der Waals surface area (Å²) in [5.41, 5.74) is 3.43. The molecule has 0 saturated heterocycles. The second-order valence-corrected chi connectivity index (χ2v) is 8.41. The summed E-state index contributed by atoms with van der Waals surface area (Å²) in [5, 5.41) is 8.24. The highest BCUT2D eigenvalue weighted by molar-refractivity contribution is 7.12. The highest BCUT2D eigenvalue weighted by atomic mass is 35.5. The van der Waals surface area contributed by atoms with Crippen molar-refractivity contribution in [3.05, 3.63) is 80.0 Å². The van der Waals surface area contributed by atoms with E-state index in [4.69, 9.17) is 23.2 Å². The molecule has 0 saturated carbocycles. The number of carbonyl (C=O) groups is 2. The Kier molecular flexibility index (Phi) is 5.76. The Bertz CT molecular complexity index is 1070. The Hall–Kier alpha value is -2.54. The third-order valence-corrected chi connectivity index (χ3v) is 6.27. The van der Waals surface area contributed by atoms with Gasteiger partial charge in [0.15, 0.2) is 0 Å². The Morgan fingerprint density at radius 1 is 0.931 bits per heavy atom. The third-order valence-electron chi connectivity index (χ3n) is 4.67. The van der Waals surface area contributed by atoms with Gasteiger partial charge >= 0.3 is 6.03 Å². The quantitative estimate of drug-likeness (QED) is 0.527. The molecule has 2 aromatic carbocycles. The summed E-state index contributed by atoms with van der Waals surface area (Å²) in [7, 11) is 0. The average molecular weight is 446 g/mol. The number of hydrogen-bond donors (Lipinski definition) is 2. The van der Waals surface area contributed by atoms with Crippen LogP contribution in [0.1, 0.15) is 20.8 Å². The summed E-state index contributed by atoms with van der Waals surface area (Å²) in [4.78, 5) is 27.5. The van der Waals surface area contributed by atoms with Crippen molar-refractivity contribution >= 4 is 57.9 Å². The number of thiophene rings is 1. The van der Waals surface area contributed by atoms with E-state index in [9.17, 15) is 9.59 Å². The van der Waals surface area contributed by atoms with Gasteiger partial charge in [-0.25, -0.2) is 4.79 Å². The van der Waals surface area contributed by atoms with Crippen molar-refractivity contribution in [3.8, 4) is 0 Å². The Morgan fingerprint density at radius 2 is 1.69 bits per heavy atom. The van der Waals surface area contributed by atoms with E-state index in [1.165, 1.54) is 16.9 Å². The summed E-state index contributed by atoms with van der Waals surface area (Å²) in [6, 6.07) is 14.0. The van der Waals surface area contributed by atoms with Crippen LogP contribution >= 0.6 is 34.5 Å². The Balaban J connectivity index is 1.44. The predicted octanol–water partition coefficient (Wildman–Crippen LogP) is 5.90. The van der Waals surface area contributed by atoms with Crippen molar-refractivity contribution in [1.82, 2.24) is 4.90 Å². The highest BCUT2D eigenvalue weighted by Crippen LogP contribution is 2.26. The minimum Gasteiger partial charge on any atom is -0.333 e. The van der Waals surface area contributed by atoms with Crippen LogP contribution in [0, 0.1) is 0 Å². The fraction of sp³-hybridized carbons (Fsp3) is 0.143. The van der Waals surface area contributed by atoms with Gasteiger partial charge in [-0.1, -0.05) is 35.3 Å². The normalized spacial score (nSPS) is 13.0. The maximum atomic E-state index is 12.6. The molecule has 1 aromatic heterocycles. The lowest BCUT2D eigenvalue weighted by Gasteiger charge is -2.29. The van der Waals surface area contributed by atoms with E-state index in [1.54, 1.807) is 18.2 Å². The molecule has 5 nitrogen and oxygen atoms in total. The number of rotatable bonds is 3. The number of nitrogens with one attached hydrogen (secondary N) is 2. The second kappa shape index (κ2) is 8.45. The lowest BCUT2D eigenvalue weighted by atomic mass is 9.99. The number of urea groups is 1. The van der Waals surface area contributed by atoms with E-state index < -0.39 is 0 Å². The summed E-state index contributed by atoms with van der Waals surface area (Å²) in [5.74, 6) is 0.0429. The average Bonchev–Trinajstić information content (AvgIpc) is 3.24. The number of nitrogens with zero attached hydrogens (tertiary/aromatic N) is 1. The summed E-state index contributed by atoms with van der Waals surface area (Å²) in [6.45, 7) is 1.21. The first kappa shape index (κ1) is 19.8. The molecule has 148 valence electrons. The molecule has 0 atom stereocenters. The number of benzene rings is 2. The van der Waals surface area contributed by atoms with E-state index in [2.05, 4.69) is 10.6 Å². The van der Waals surface area contributed by atoms with Crippen LogP contribution in [0.3, 0.4) is 0 Å². The highest BCUT2D eigenvalue weighted by Gasteiger charge is 2.22. The van der Waals surface area contributed by atoms with Gasteiger partial charge in [0, 0.05) is 24.5 Å². The molecule has 0 fully saturated rings. The topological polar surface area (TPSA) is 61.4 Å². The van der Waals surface area contributed by atoms with Gasteiger partial charge < -0.3 is 15.5 Å². The minimum atomic E-state index is -0.384. The fourth-order valence-corrected chi connectivity index (χ4v) is 4.22. The van der Waals surface area contributed by atoms with Crippen molar-refractivity contribution in [3.63, 3.8) is 0 Å². The summed E-state index contributed by atoms with van der Waals surface area (Å²) < 4.78 is 0. The van der Waals surface area contributed by atoms with Crippen LogP contribution < -0.4 is 10.6 Å². The first-order valence-corrected chi connectivity index (χ1v) is 10.6. The molecule has 0 aliphatic carbocycles. The van der Waals surface area contributed by atoms with Gasteiger partial charge in [-0.05, 0) is 59.3 Å². The van der Waals surface area contributed by atoms with Crippen molar-refractivity contribution in [2.75, 3.05) is 17.2 Å². The van der Waals surface area contributed by atoms with Crippen molar-refractivity contribution < 1.29 is 9.59 Å². The maximum absolute atomic E-state index is 12.6. The smallest absolute Gasteiger partial charge is 0.323 e. The molecule has 0 spiro atoms. The summed E-state index contributed by atoms with van der Waals surface area (Å²) >= 11 is 13.3. The van der Waals surface area contributed by atoms with E-state index in [-0.39, 0.29) is 11.9 Å². The zero-order chi connectivity index (χ0) is 20.4. The standard InChI is InChI=1S/C21H17Cl2N3O2S/c22-17-6-5-16(11-18(17)23)25-21(28)24-15-4-3-13-7-8-26(12-14(13)10-15)20(27)19-2-1-9-29-19/h1-6,9-11H,7-8,12H2,(H2,24,25,28). The molecule has 3 aromatic rings. The lowest BCUT2D eigenvalue weighted by Crippen LogP contribution is -2.35. The van der Waals surface area contributed by atoms with Crippen molar-refractivity contribution in [2.45, 2.75) is 13.0 Å². The molecule has 4 rings (SSSR count). The molecule has 1 aliphatic rings. The van der Waals surface area contributed by atoms with Gasteiger partial charge in [0.25, 0.3) is 5.91 Å². The van der Waals surface area contributed by atoms with Crippen LogP contribution in [0.2, 0.25) is 10.0 Å². The Morgan fingerprint density at radius 3 is 2.41 bits per heavy atom. The molecule has 2 N–H and O–H groups in total. The predicted molar refractivity (Wildman–Crippen MR) is 118 cm³/mol. The van der Waals surface area contributed by atoms with Crippen molar-refractivity contribution in [1.29, 1.82) is 0 Å². The van der Waals surface area contributed by atoms with Crippen LogP contribution in [-0.2, 0) is 13.0 Å². The molecule has 0 unspecified atom stereocenters. The van der Waals surface area contributed by atoms with E-state index >= 15 is 0 Å². The van der Waals surface area contributed by atoms with E-state index in [0.717, 1.165) is 16.9 Å². The lowest BCUT2D eigenvalue weighted by molar-refractivity contribution is 0.0739. The van der Waals surface area contributed by atoms with Gasteiger partial charge in [-0.15, -0.1) is 11.3 Å². The van der Waals surface area contributed by atoms with Gasteiger partial charge in [-0.2, -0.15) is 0 Å². The van der Waals surface area contributed by atoms with Gasteiger partial charge in [0.2, 0.25) is 0 Å². The number of amides is 3.